The number of halogens is 1. The first-order valence-electron chi connectivity index (χ1n) is 9.74. The molecule has 0 atom stereocenters. The van der Waals surface area contributed by atoms with Crippen LogP contribution in [0.4, 0.5) is 11.6 Å². The third-order valence-corrected chi connectivity index (χ3v) is 5.41. The molecule has 1 fully saturated rings. The van der Waals surface area contributed by atoms with Crippen LogP contribution in [-0.2, 0) is 4.79 Å². The highest BCUT2D eigenvalue weighted by Crippen LogP contribution is 2.22. The standard InChI is InChI=1S/C22H23ClN4O2/c1-16-5-7-17(8-6-16)20-14-22(29-25-20)24-21(28)15-26-9-11-27(12-10-26)19-4-2-3-18(23)13-19/h2-8,13-14H,9-12,15H2,1H3,(H,24,28)/p+1. The molecule has 7 heteroatoms. The predicted octanol–water partition coefficient (Wildman–Crippen LogP) is 2.65. The normalized spacial score (nSPS) is 14.8. The van der Waals surface area contributed by atoms with Crippen LogP contribution < -0.4 is 15.1 Å². The smallest absolute Gasteiger partial charge is 0.281 e. The zero-order valence-electron chi connectivity index (χ0n) is 16.3. The predicted molar refractivity (Wildman–Crippen MR) is 115 cm³/mol. The molecule has 2 aromatic carbocycles. The van der Waals surface area contributed by atoms with Gasteiger partial charge in [-0.1, -0.05) is 52.7 Å². The molecular weight excluding hydrogens is 388 g/mol. The first-order chi connectivity index (χ1) is 14.1. The molecule has 2 heterocycles. The molecule has 0 radical (unpaired) electrons. The first kappa shape index (κ1) is 19.5. The summed E-state index contributed by atoms with van der Waals surface area (Å²) in [5.74, 6) is 0.311. The second kappa shape index (κ2) is 8.68. The van der Waals surface area contributed by atoms with Gasteiger partial charge in [-0.25, -0.2) is 0 Å². The Morgan fingerprint density at radius 3 is 2.66 bits per heavy atom. The van der Waals surface area contributed by atoms with Gasteiger partial charge >= 0.3 is 0 Å². The summed E-state index contributed by atoms with van der Waals surface area (Å²) in [6, 6.07) is 17.7. The summed E-state index contributed by atoms with van der Waals surface area (Å²) in [4.78, 5) is 16.0. The van der Waals surface area contributed by atoms with Crippen molar-refractivity contribution in [3.63, 3.8) is 0 Å². The fraction of sp³-hybridized carbons (Fsp3) is 0.273. The number of benzene rings is 2. The number of hydrogen-bond acceptors (Lipinski definition) is 4. The lowest BCUT2D eigenvalue weighted by molar-refractivity contribution is -0.892. The molecule has 0 spiro atoms. The number of aromatic nitrogens is 1. The molecule has 1 aliphatic rings. The zero-order chi connectivity index (χ0) is 20.2. The Kier molecular flexibility index (Phi) is 5.83. The lowest BCUT2D eigenvalue weighted by Crippen LogP contribution is -3.15. The molecule has 0 unspecified atom stereocenters. The van der Waals surface area contributed by atoms with Crippen LogP contribution in [-0.4, -0.2) is 43.8 Å². The largest absolute Gasteiger partial charge is 0.360 e. The van der Waals surface area contributed by atoms with Gasteiger partial charge in [0.15, 0.2) is 6.54 Å². The fourth-order valence-corrected chi connectivity index (χ4v) is 3.72. The van der Waals surface area contributed by atoms with E-state index in [0.29, 0.717) is 18.1 Å². The molecule has 1 aliphatic heterocycles. The molecule has 3 aromatic rings. The van der Waals surface area contributed by atoms with Gasteiger partial charge in [0.2, 0.25) is 5.88 Å². The van der Waals surface area contributed by atoms with Gasteiger partial charge in [0, 0.05) is 22.3 Å². The van der Waals surface area contributed by atoms with Crippen molar-refractivity contribution in [2.45, 2.75) is 6.92 Å². The number of carbonyl (C=O) groups excluding carboxylic acids is 1. The van der Waals surface area contributed by atoms with E-state index in [0.717, 1.165) is 42.5 Å². The molecule has 6 nitrogen and oxygen atoms in total. The highest BCUT2D eigenvalue weighted by Gasteiger charge is 2.23. The first-order valence-corrected chi connectivity index (χ1v) is 10.1. The lowest BCUT2D eigenvalue weighted by Gasteiger charge is -2.33. The molecular formula is C22H24ClN4O2+. The summed E-state index contributed by atoms with van der Waals surface area (Å²) in [6.07, 6.45) is 0. The van der Waals surface area contributed by atoms with E-state index in [1.165, 1.54) is 10.5 Å². The number of anilines is 2. The summed E-state index contributed by atoms with van der Waals surface area (Å²) >= 11 is 6.09. The Hall–Kier alpha value is -2.83. The number of nitrogens with zero attached hydrogens (tertiary/aromatic N) is 2. The summed E-state index contributed by atoms with van der Waals surface area (Å²) in [5, 5.41) is 7.62. The molecule has 29 heavy (non-hydrogen) atoms. The number of piperazine rings is 1. The molecule has 0 aliphatic carbocycles. The molecule has 150 valence electrons. The zero-order valence-corrected chi connectivity index (χ0v) is 17.1. The van der Waals surface area contributed by atoms with Gasteiger partial charge in [-0.15, -0.1) is 0 Å². The molecule has 1 aromatic heterocycles. The number of nitrogens with one attached hydrogen (secondary N) is 2. The van der Waals surface area contributed by atoms with E-state index < -0.39 is 0 Å². The van der Waals surface area contributed by atoms with Crippen molar-refractivity contribution in [2.24, 2.45) is 0 Å². The van der Waals surface area contributed by atoms with Crippen molar-refractivity contribution in [3.05, 3.63) is 65.2 Å². The number of carbonyl (C=O) groups is 1. The monoisotopic (exact) mass is 411 g/mol. The fourth-order valence-electron chi connectivity index (χ4n) is 3.53. The molecule has 4 rings (SSSR count). The number of amides is 1. The second-order valence-corrected chi connectivity index (χ2v) is 7.82. The van der Waals surface area contributed by atoms with Gasteiger partial charge in [0.25, 0.3) is 5.91 Å². The van der Waals surface area contributed by atoms with Crippen molar-refractivity contribution in [1.29, 1.82) is 0 Å². The van der Waals surface area contributed by atoms with Gasteiger partial charge in [0.05, 0.1) is 26.2 Å². The maximum absolute atomic E-state index is 12.4. The topological polar surface area (TPSA) is 62.8 Å². The van der Waals surface area contributed by atoms with Crippen molar-refractivity contribution < 1.29 is 14.2 Å². The van der Waals surface area contributed by atoms with Gasteiger partial charge in [0.1, 0.15) is 5.69 Å². The number of quaternary nitrogens is 1. The highest BCUT2D eigenvalue weighted by molar-refractivity contribution is 6.30. The minimum Gasteiger partial charge on any atom is -0.360 e. The van der Waals surface area contributed by atoms with Crippen LogP contribution in [0.1, 0.15) is 5.56 Å². The van der Waals surface area contributed by atoms with Crippen LogP contribution in [0.2, 0.25) is 5.02 Å². The van der Waals surface area contributed by atoms with Crippen molar-refractivity contribution in [3.8, 4) is 11.3 Å². The summed E-state index contributed by atoms with van der Waals surface area (Å²) in [5.41, 5.74) is 3.99. The Labute approximate surface area is 175 Å². The van der Waals surface area contributed by atoms with Gasteiger partial charge in [-0.2, -0.15) is 0 Å². The molecule has 0 saturated carbocycles. The Balaban J connectivity index is 1.28. The third kappa shape index (κ3) is 4.96. The molecule has 2 N–H and O–H groups in total. The highest BCUT2D eigenvalue weighted by atomic mass is 35.5. The average molecular weight is 412 g/mol. The van der Waals surface area contributed by atoms with E-state index in [1.807, 2.05) is 49.4 Å². The van der Waals surface area contributed by atoms with Crippen LogP contribution in [0.3, 0.4) is 0 Å². The SMILES string of the molecule is Cc1ccc(-c2cc(NC(=O)C[NH+]3CCN(c4cccc(Cl)c4)CC3)on2)cc1. The van der Waals surface area contributed by atoms with E-state index in [-0.39, 0.29) is 5.91 Å². The van der Waals surface area contributed by atoms with Crippen LogP contribution >= 0.6 is 11.6 Å². The van der Waals surface area contributed by atoms with Crippen molar-refractivity contribution in [2.75, 3.05) is 42.9 Å². The van der Waals surface area contributed by atoms with Crippen LogP contribution in [0, 0.1) is 6.92 Å². The Morgan fingerprint density at radius 2 is 1.93 bits per heavy atom. The van der Waals surface area contributed by atoms with Crippen LogP contribution in [0.15, 0.2) is 59.1 Å². The van der Waals surface area contributed by atoms with Crippen molar-refractivity contribution >= 4 is 29.1 Å². The minimum absolute atomic E-state index is 0.0668. The van der Waals surface area contributed by atoms with E-state index in [1.54, 1.807) is 6.07 Å². The Morgan fingerprint density at radius 1 is 1.17 bits per heavy atom. The average Bonchev–Trinajstić information content (AvgIpc) is 3.17. The number of rotatable bonds is 5. The van der Waals surface area contributed by atoms with Crippen molar-refractivity contribution in [1.82, 2.24) is 5.16 Å². The maximum Gasteiger partial charge on any atom is 0.281 e. The summed E-state index contributed by atoms with van der Waals surface area (Å²) in [6.45, 7) is 6.01. The Bertz CT molecular complexity index is 978. The molecule has 1 saturated heterocycles. The second-order valence-electron chi connectivity index (χ2n) is 7.38. The van der Waals surface area contributed by atoms with E-state index >= 15 is 0 Å². The van der Waals surface area contributed by atoms with Crippen LogP contribution in [0.25, 0.3) is 11.3 Å². The quantitative estimate of drug-likeness (QED) is 0.677. The number of hydrogen-bond donors (Lipinski definition) is 2. The van der Waals surface area contributed by atoms with Gasteiger partial charge in [-0.05, 0) is 25.1 Å². The molecule has 1 amide bonds. The lowest BCUT2D eigenvalue weighted by atomic mass is 10.1. The maximum atomic E-state index is 12.4. The summed E-state index contributed by atoms with van der Waals surface area (Å²) < 4.78 is 5.28. The third-order valence-electron chi connectivity index (χ3n) is 5.17. The van der Waals surface area contributed by atoms with E-state index in [4.69, 9.17) is 16.1 Å². The number of aryl methyl sites for hydroxylation is 1. The minimum atomic E-state index is -0.0668. The van der Waals surface area contributed by atoms with Gasteiger partial charge < -0.3 is 14.3 Å². The molecule has 0 bridgehead atoms. The summed E-state index contributed by atoms with van der Waals surface area (Å²) in [7, 11) is 0. The van der Waals surface area contributed by atoms with Crippen LogP contribution in [0.5, 0.6) is 0 Å². The van der Waals surface area contributed by atoms with E-state index in [2.05, 4.69) is 21.4 Å². The van der Waals surface area contributed by atoms with Gasteiger partial charge in [-0.3, -0.25) is 10.1 Å². The van der Waals surface area contributed by atoms with E-state index in [9.17, 15) is 4.79 Å².